The molecule has 6 fully saturated rings. The molecule has 0 bridgehead atoms. The fraction of sp³-hybridized carbons (Fsp3) is 0.422. The van der Waals surface area contributed by atoms with Gasteiger partial charge in [-0.2, -0.15) is 10.2 Å². The van der Waals surface area contributed by atoms with Crippen molar-refractivity contribution in [1.29, 1.82) is 0 Å². The second kappa shape index (κ2) is 25.6. The Labute approximate surface area is 500 Å². The summed E-state index contributed by atoms with van der Waals surface area (Å²) in [6, 6.07) is 37.2. The molecule has 4 aliphatic heterocycles. The maximum absolute atomic E-state index is 12.7. The molecule has 22 nitrogen and oxygen atoms in total. The topological polar surface area (TPSA) is 249 Å². The predicted octanol–water partition coefficient (Wildman–Crippen LogP) is 9.10. The minimum Gasteiger partial charge on any atom is -0.481 e. The van der Waals surface area contributed by atoms with Gasteiger partial charge in [0.15, 0.2) is 11.3 Å². The van der Waals surface area contributed by atoms with Gasteiger partial charge in [0.05, 0.1) is 35.9 Å². The van der Waals surface area contributed by atoms with E-state index < -0.39 is 5.97 Å². The number of ether oxygens (including phenoxy) is 2. The van der Waals surface area contributed by atoms with Crippen LogP contribution in [0.4, 0.5) is 32.6 Å². The number of nitrogens with two attached hydrogens (primary N) is 2. The number of hydrogen-bond donors (Lipinski definition) is 3. The number of amides is 2. The molecule has 4 aromatic heterocycles. The maximum Gasteiger partial charge on any atom is 0.415 e. The Kier molecular flexibility index (Phi) is 17.2. The van der Waals surface area contributed by atoms with Crippen LogP contribution < -0.4 is 21.3 Å². The quantitative estimate of drug-likeness (QED) is 0.115. The van der Waals surface area contributed by atoms with Gasteiger partial charge >= 0.3 is 12.2 Å². The molecule has 5 N–H and O–H groups in total. The molecule has 2 unspecified atom stereocenters. The number of nitrogen functional groups attached to an aromatic ring is 2. The molecule has 448 valence electrons. The van der Waals surface area contributed by atoms with Gasteiger partial charge in [-0.3, -0.25) is 24.4 Å². The normalized spacial score (nSPS) is 23.3. The van der Waals surface area contributed by atoms with Crippen molar-refractivity contribution in [2.45, 2.75) is 94.7 Å². The summed E-state index contributed by atoms with van der Waals surface area (Å²) in [6.45, 7) is 11.2. The number of carbonyl (C=O) groups excluding carboxylic acids is 2. The summed E-state index contributed by atoms with van der Waals surface area (Å²) in [5.74, 6) is 0.0283. The highest BCUT2D eigenvalue weighted by Crippen LogP contribution is 2.41. The van der Waals surface area contributed by atoms with Crippen molar-refractivity contribution >= 4 is 63.2 Å². The van der Waals surface area contributed by atoms with Crippen LogP contribution in [-0.4, -0.2) is 174 Å². The number of cyclic esters (lactones) is 2. The van der Waals surface area contributed by atoms with Crippen LogP contribution in [0.5, 0.6) is 0 Å². The summed E-state index contributed by atoms with van der Waals surface area (Å²) in [6.07, 6.45) is 10.7. The number of carbonyl (C=O) groups is 3. The fourth-order valence-corrected chi connectivity index (χ4v) is 13.2. The number of carboxylic acid groups (broad SMARTS) is 1. The van der Waals surface area contributed by atoms with Crippen molar-refractivity contribution in [2.24, 2.45) is 0 Å². The molecule has 8 aromatic rings. The van der Waals surface area contributed by atoms with Gasteiger partial charge in [-0.05, 0) is 101 Å². The monoisotopic (exact) mass is 1160 g/mol. The van der Waals surface area contributed by atoms with E-state index in [1.807, 2.05) is 109 Å². The lowest BCUT2D eigenvalue weighted by atomic mass is 9.90. The summed E-state index contributed by atoms with van der Waals surface area (Å²) in [4.78, 5) is 65.8. The van der Waals surface area contributed by atoms with Crippen LogP contribution in [0, 0.1) is 0 Å². The average Bonchev–Trinajstić information content (AvgIpc) is 4.39. The van der Waals surface area contributed by atoms with Gasteiger partial charge in [0.25, 0.3) is 5.97 Å². The van der Waals surface area contributed by atoms with Crippen LogP contribution in [0.25, 0.3) is 44.6 Å². The molecule has 14 rings (SSSR count). The Balaban J connectivity index is 0.000000159. The molecule has 4 saturated heterocycles. The van der Waals surface area contributed by atoms with E-state index in [-0.39, 0.29) is 36.5 Å². The van der Waals surface area contributed by atoms with E-state index in [1.165, 1.54) is 12.7 Å². The van der Waals surface area contributed by atoms with Crippen molar-refractivity contribution < 1.29 is 29.0 Å². The van der Waals surface area contributed by atoms with Crippen molar-refractivity contribution in [3.8, 4) is 22.5 Å². The van der Waals surface area contributed by atoms with Crippen molar-refractivity contribution in [3.05, 3.63) is 133 Å². The van der Waals surface area contributed by atoms with E-state index in [0.717, 1.165) is 178 Å². The first-order valence-corrected chi connectivity index (χ1v) is 30.1. The standard InChI is InChI=1S/2C31H36N8O2.C2H4O2/c2*1-36-15-17-37(18-16-36)23-11-13-25(14-12-23)39-30-27(29(32)33-20-34-30)28(35-39)22-7-9-24(10-8-22)38-19-26(41-31(38)40)21-5-3-2-4-6-21;1-2(3)4/h2*2-10,20,23,25-26H,11-19H2,1H3,(H2,32,33,34);1H3,(H,3,4). The zero-order valence-corrected chi connectivity index (χ0v) is 49.1. The van der Waals surface area contributed by atoms with Gasteiger partial charge < -0.3 is 35.8 Å². The summed E-state index contributed by atoms with van der Waals surface area (Å²) < 4.78 is 15.5. The molecule has 2 aliphatic carbocycles. The maximum atomic E-state index is 12.7. The fourth-order valence-electron chi connectivity index (χ4n) is 13.2. The Bertz CT molecular complexity index is 3390. The molecule has 4 aromatic carbocycles. The first kappa shape index (κ1) is 57.8. The molecule has 8 heterocycles. The molecular weight excluding hydrogens is 1090 g/mol. The van der Waals surface area contributed by atoms with Gasteiger partial charge in [0.2, 0.25) is 0 Å². The van der Waals surface area contributed by atoms with Crippen LogP contribution in [0.3, 0.4) is 0 Å². The number of fused-ring (bicyclic) bond motifs is 2. The molecule has 22 heteroatoms. The average molecular weight is 1170 g/mol. The van der Waals surface area contributed by atoms with E-state index in [0.29, 0.717) is 36.8 Å². The number of benzene rings is 4. The third-order valence-corrected chi connectivity index (χ3v) is 18.0. The van der Waals surface area contributed by atoms with Crippen LogP contribution in [0.1, 0.15) is 93.7 Å². The first-order chi connectivity index (χ1) is 41.8. The van der Waals surface area contributed by atoms with E-state index >= 15 is 0 Å². The second-order valence-corrected chi connectivity index (χ2v) is 23.5. The molecule has 2 saturated carbocycles. The minimum atomic E-state index is -0.833. The number of hydrogen-bond acceptors (Lipinski definition) is 17. The lowest BCUT2D eigenvalue weighted by molar-refractivity contribution is -0.134. The second-order valence-electron chi connectivity index (χ2n) is 23.5. The van der Waals surface area contributed by atoms with E-state index in [2.05, 4.69) is 63.0 Å². The van der Waals surface area contributed by atoms with Crippen LogP contribution >= 0.6 is 0 Å². The molecule has 2 amide bonds. The van der Waals surface area contributed by atoms with Crippen LogP contribution in [-0.2, 0) is 14.3 Å². The van der Waals surface area contributed by atoms with Gasteiger partial charge in [0.1, 0.15) is 47.9 Å². The summed E-state index contributed by atoms with van der Waals surface area (Å²) in [7, 11) is 4.41. The molecule has 2 atom stereocenters. The van der Waals surface area contributed by atoms with Crippen molar-refractivity contribution in [3.63, 3.8) is 0 Å². The van der Waals surface area contributed by atoms with Gasteiger partial charge in [-0.1, -0.05) is 84.9 Å². The number of carboxylic acids is 1. The predicted molar refractivity (Wildman–Crippen MR) is 330 cm³/mol. The molecule has 6 aliphatic rings. The first-order valence-electron chi connectivity index (χ1n) is 30.1. The zero-order valence-electron chi connectivity index (χ0n) is 49.1. The van der Waals surface area contributed by atoms with Gasteiger partial charge in [0, 0.05) is 93.9 Å². The molecule has 86 heavy (non-hydrogen) atoms. The number of aliphatic carboxylic acids is 1. The van der Waals surface area contributed by atoms with E-state index in [4.69, 9.17) is 41.0 Å². The number of anilines is 4. The third kappa shape index (κ3) is 12.4. The summed E-state index contributed by atoms with van der Waals surface area (Å²) >= 11 is 0. The summed E-state index contributed by atoms with van der Waals surface area (Å²) in [5, 5.41) is 19.2. The number of likely N-dealkylation sites (N-methyl/N-ethyl adjacent to an activating group) is 2. The lowest BCUT2D eigenvalue weighted by Gasteiger charge is -2.41. The van der Waals surface area contributed by atoms with Crippen LogP contribution in [0.15, 0.2) is 122 Å². The number of aromatic nitrogens is 8. The highest BCUT2D eigenvalue weighted by Gasteiger charge is 2.37. The Hall–Kier alpha value is -8.57. The molecular formula is C64H76N16O6. The van der Waals surface area contributed by atoms with Gasteiger partial charge in [-0.25, -0.2) is 38.9 Å². The van der Waals surface area contributed by atoms with E-state index in [1.54, 1.807) is 9.80 Å². The summed E-state index contributed by atoms with van der Waals surface area (Å²) in [5.41, 5.74) is 21.3. The van der Waals surface area contributed by atoms with Crippen LogP contribution in [0.2, 0.25) is 0 Å². The molecule has 0 radical (unpaired) electrons. The highest BCUT2D eigenvalue weighted by molar-refractivity contribution is 6.00. The Morgan fingerprint density at radius 2 is 0.826 bits per heavy atom. The van der Waals surface area contributed by atoms with Crippen molar-refractivity contribution in [2.75, 3.05) is 101 Å². The Morgan fingerprint density at radius 3 is 1.17 bits per heavy atom. The number of rotatable bonds is 10. The minimum absolute atomic E-state index is 0.276. The zero-order chi connectivity index (χ0) is 59.4. The van der Waals surface area contributed by atoms with Gasteiger partial charge in [-0.15, -0.1) is 0 Å². The smallest absolute Gasteiger partial charge is 0.415 e. The number of nitrogens with zero attached hydrogens (tertiary/aromatic N) is 14. The van der Waals surface area contributed by atoms with E-state index in [9.17, 15) is 9.59 Å². The SMILES string of the molecule is CC(=O)O.CN1CCN(C2CCC(n3nc(-c4ccc(N5CC(c6ccccc6)OC5=O)cc4)c4c(N)ncnc43)CC2)CC1.CN1CCN(C2CCC(n3nc(-c4ccc(N5CC(c6ccccc6)OC5=O)cc4)c4c(N)ncnc43)CC2)CC1. The highest BCUT2D eigenvalue weighted by atomic mass is 16.6. The Morgan fingerprint density at radius 1 is 0.488 bits per heavy atom. The third-order valence-electron chi connectivity index (χ3n) is 18.0. The molecule has 0 spiro atoms. The largest absolute Gasteiger partial charge is 0.481 e. The number of piperazine rings is 2. The van der Waals surface area contributed by atoms with Crippen molar-refractivity contribution in [1.82, 2.24) is 59.1 Å². The lowest BCUT2D eigenvalue weighted by Crippen LogP contribution is -2.49.